The maximum absolute atomic E-state index is 11.4. The van der Waals surface area contributed by atoms with Crippen molar-refractivity contribution >= 4 is 0 Å². The largest absolute Gasteiger partial charge is 0.342 e. The first-order chi connectivity index (χ1) is 9.24. The van der Waals surface area contributed by atoms with Crippen LogP contribution in [0.1, 0.15) is 5.82 Å². The molecule has 0 fully saturated rings. The Morgan fingerprint density at radius 3 is 2.58 bits per heavy atom. The third kappa shape index (κ3) is 2.20. The van der Waals surface area contributed by atoms with Gasteiger partial charge in [-0.25, -0.2) is 4.98 Å². The van der Waals surface area contributed by atoms with E-state index in [2.05, 4.69) is 15.0 Å². The summed E-state index contributed by atoms with van der Waals surface area (Å²) in [7, 11) is 0. The summed E-state index contributed by atoms with van der Waals surface area (Å²) in [5.74, 6) is 0.828. The second kappa shape index (κ2) is 4.57. The third-order valence-corrected chi connectivity index (χ3v) is 2.93. The fourth-order valence-corrected chi connectivity index (χ4v) is 2.11. The topological polar surface area (TPSA) is 61.5 Å². The van der Waals surface area contributed by atoms with Crippen LogP contribution in [0.25, 0.3) is 22.5 Å². The molecule has 0 aliphatic heterocycles. The zero-order valence-electron chi connectivity index (χ0n) is 10.5. The van der Waals surface area contributed by atoms with Gasteiger partial charge < -0.3 is 9.97 Å². The van der Waals surface area contributed by atoms with Gasteiger partial charge in [-0.2, -0.15) is 0 Å². The van der Waals surface area contributed by atoms with Crippen molar-refractivity contribution < 1.29 is 0 Å². The highest BCUT2D eigenvalue weighted by atomic mass is 16.1. The van der Waals surface area contributed by atoms with Crippen LogP contribution >= 0.6 is 0 Å². The lowest BCUT2D eigenvalue weighted by Gasteiger charge is -2.02. The van der Waals surface area contributed by atoms with Crippen molar-refractivity contribution in [2.24, 2.45) is 0 Å². The minimum atomic E-state index is -0.122. The van der Waals surface area contributed by atoms with E-state index in [1.165, 1.54) is 0 Å². The Hall–Kier alpha value is -2.62. The molecule has 19 heavy (non-hydrogen) atoms. The van der Waals surface area contributed by atoms with E-state index < -0.39 is 0 Å². The van der Waals surface area contributed by atoms with Crippen LogP contribution in [0.5, 0.6) is 0 Å². The number of rotatable bonds is 2. The van der Waals surface area contributed by atoms with Crippen LogP contribution in [0.3, 0.4) is 0 Å². The molecule has 0 atom stereocenters. The van der Waals surface area contributed by atoms with E-state index in [9.17, 15) is 4.79 Å². The number of benzene rings is 1. The lowest BCUT2D eigenvalue weighted by molar-refractivity contribution is 1.15. The Bertz CT molecular complexity index is 756. The minimum absolute atomic E-state index is 0.122. The maximum Gasteiger partial charge on any atom is 0.248 e. The van der Waals surface area contributed by atoms with Crippen molar-refractivity contribution in [1.29, 1.82) is 0 Å². The van der Waals surface area contributed by atoms with Gasteiger partial charge in [-0.3, -0.25) is 4.79 Å². The maximum atomic E-state index is 11.4. The number of aromatic amines is 2. The molecule has 94 valence electrons. The Balaban J connectivity index is 2.20. The number of hydrogen-bond donors (Lipinski definition) is 2. The average Bonchev–Trinajstić information content (AvgIpc) is 2.82. The molecular weight excluding hydrogens is 238 g/mol. The summed E-state index contributed by atoms with van der Waals surface area (Å²) >= 11 is 0. The van der Waals surface area contributed by atoms with E-state index in [-0.39, 0.29) is 5.56 Å². The van der Waals surface area contributed by atoms with Crippen molar-refractivity contribution in [1.82, 2.24) is 15.0 Å². The molecule has 0 amide bonds. The number of nitrogens with one attached hydrogen (secondary N) is 2. The van der Waals surface area contributed by atoms with E-state index in [4.69, 9.17) is 0 Å². The van der Waals surface area contributed by atoms with Crippen LogP contribution in [0.4, 0.5) is 0 Å². The van der Waals surface area contributed by atoms with E-state index in [0.29, 0.717) is 0 Å². The molecule has 4 heteroatoms. The van der Waals surface area contributed by atoms with Gasteiger partial charge in [0.1, 0.15) is 5.82 Å². The Labute approximate surface area is 110 Å². The summed E-state index contributed by atoms with van der Waals surface area (Å²) in [4.78, 5) is 21.8. The monoisotopic (exact) mass is 251 g/mol. The van der Waals surface area contributed by atoms with E-state index >= 15 is 0 Å². The molecule has 1 aromatic carbocycles. The van der Waals surface area contributed by atoms with Crippen molar-refractivity contribution in [3.05, 3.63) is 64.8 Å². The molecule has 0 radical (unpaired) electrons. The lowest BCUT2D eigenvalue weighted by atomic mass is 10.1. The molecule has 0 bridgehead atoms. The molecule has 0 unspecified atom stereocenters. The smallest absolute Gasteiger partial charge is 0.248 e. The normalized spacial score (nSPS) is 10.6. The molecule has 4 nitrogen and oxygen atoms in total. The van der Waals surface area contributed by atoms with Crippen LogP contribution in [-0.4, -0.2) is 15.0 Å². The number of aromatic nitrogens is 3. The standard InChI is InChI=1S/C15H13N3O/c1-10-17-14(11-5-3-2-4-6-11)15(18-10)12-7-8-16-13(19)9-12/h2-9H,1H3,(H,16,19)(H,17,18). The first kappa shape index (κ1) is 11.5. The molecule has 0 aliphatic rings. The van der Waals surface area contributed by atoms with Gasteiger partial charge in [0.15, 0.2) is 0 Å². The third-order valence-electron chi connectivity index (χ3n) is 2.93. The molecule has 0 spiro atoms. The minimum Gasteiger partial charge on any atom is -0.342 e. The van der Waals surface area contributed by atoms with Gasteiger partial charge in [0.25, 0.3) is 0 Å². The molecule has 0 saturated carbocycles. The molecular formula is C15H13N3O. The predicted octanol–water partition coefficient (Wildman–Crippen LogP) is 2.74. The SMILES string of the molecule is Cc1nc(-c2ccccc2)c(-c2cc[nH]c(=O)c2)[nH]1. The van der Waals surface area contributed by atoms with E-state index in [0.717, 1.165) is 28.3 Å². The first-order valence-corrected chi connectivity index (χ1v) is 6.05. The zero-order valence-corrected chi connectivity index (χ0v) is 10.5. The summed E-state index contributed by atoms with van der Waals surface area (Å²) in [6.07, 6.45) is 1.64. The van der Waals surface area contributed by atoms with E-state index in [1.54, 1.807) is 12.3 Å². The fourth-order valence-electron chi connectivity index (χ4n) is 2.11. The van der Waals surface area contributed by atoms with Crippen LogP contribution in [0.15, 0.2) is 53.5 Å². The van der Waals surface area contributed by atoms with Crippen LogP contribution in [0, 0.1) is 6.92 Å². The molecule has 0 saturated heterocycles. The zero-order chi connectivity index (χ0) is 13.2. The molecule has 3 aromatic rings. The molecule has 3 rings (SSSR count). The molecule has 0 aliphatic carbocycles. The van der Waals surface area contributed by atoms with Crippen molar-refractivity contribution in [3.63, 3.8) is 0 Å². The number of nitrogens with zero attached hydrogens (tertiary/aromatic N) is 1. The van der Waals surface area contributed by atoms with Crippen molar-refractivity contribution in [2.75, 3.05) is 0 Å². The second-order valence-corrected chi connectivity index (χ2v) is 4.35. The number of hydrogen-bond acceptors (Lipinski definition) is 2. The second-order valence-electron chi connectivity index (χ2n) is 4.35. The summed E-state index contributed by atoms with van der Waals surface area (Å²) in [6.45, 7) is 1.91. The molecule has 2 aromatic heterocycles. The van der Waals surface area contributed by atoms with Gasteiger partial charge in [-0.1, -0.05) is 30.3 Å². The quantitative estimate of drug-likeness (QED) is 0.735. The van der Waals surface area contributed by atoms with Crippen LogP contribution in [0.2, 0.25) is 0 Å². The van der Waals surface area contributed by atoms with Gasteiger partial charge in [0, 0.05) is 23.4 Å². The Kier molecular flexibility index (Phi) is 2.76. The highest BCUT2D eigenvalue weighted by molar-refractivity contribution is 5.78. The van der Waals surface area contributed by atoms with Gasteiger partial charge >= 0.3 is 0 Å². The van der Waals surface area contributed by atoms with Gasteiger partial charge in [-0.05, 0) is 13.0 Å². The van der Waals surface area contributed by atoms with Crippen molar-refractivity contribution in [3.8, 4) is 22.5 Å². The van der Waals surface area contributed by atoms with Crippen LogP contribution < -0.4 is 5.56 Å². The summed E-state index contributed by atoms with van der Waals surface area (Å²) in [6, 6.07) is 13.4. The molecule has 2 N–H and O–H groups in total. The summed E-state index contributed by atoms with van der Waals surface area (Å²) < 4.78 is 0. The average molecular weight is 251 g/mol. The van der Waals surface area contributed by atoms with Gasteiger partial charge in [-0.15, -0.1) is 0 Å². The number of imidazole rings is 1. The summed E-state index contributed by atoms with van der Waals surface area (Å²) in [5.41, 5.74) is 3.48. The fraction of sp³-hybridized carbons (Fsp3) is 0.0667. The Morgan fingerprint density at radius 1 is 1.05 bits per heavy atom. The van der Waals surface area contributed by atoms with Crippen molar-refractivity contribution in [2.45, 2.75) is 6.92 Å². The predicted molar refractivity (Wildman–Crippen MR) is 74.8 cm³/mol. The highest BCUT2D eigenvalue weighted by Crippen LogP contribution is 2.28. The lowest BCUT2D eigenvalue weighted by Crippen LogP contribution is -2.02. The molecule has 2 heterocycles. The summed E-state index contributed by atoms with van der Waals surface area (Å²) in [5, 5.41) is 0. The van der Waals surface area contributed by atoms with Crippen LogP contribution in [-0.2, 0) is 0 Å². The Morgan fingerprint density at radius 2 is 1.84 bits per heavy atom. The van der Waals surface area contributed by atoms with E-state index in [1.807, 2.05) is 43.3 Å². The first-order valence-electron chi connectivity index (χ1n) is 6.05. The number of aryl methyl sites for hydroxylation is 1. The van der Waals surface area contributed by atoms with Gasteiger partial charge in [0.2, 0.25) is 5.56 Å². The number of pyridine rings is 1. The number of H-pyrrole nitrogens is 2. The highest BCUT2D eigenvalue weighted by Gasteiger charge is 2.12. The van der Waals surface area contributed by atoms with Gasteiger partial charge in [0.05, 0.1) is 11.4 Å².